The average molecular weight is 422 g/mol. The van der Waals surface area contributed by atoms with E-state index in [0.717, 1.165) is 24.7 Å². The highest BCUT2D eigenvalue weighted by Gasteiger charge is 2.13. The minimum atomic E-state index is -0.267. The molecule has 150 valence electrons. The first kappa shape index (κ1) is 20.8. The fraction of sp³-hybridized carbons (Fsp3) is 0.409. The summed E-state index contributed by atoms with van der Waals surface area (Å²) in [6.07, 6.45) is 7.86. The van der Waals surface area contributed by atoms with Crippen LogP contribution < -0.4 is 14.8 Å². The topological polar surface area (TPSA) is 47.6 Å². The third-order valence-electron chi connectivity index (χ3n) is 4.91. The van der Waals surface area contributed by atoms with Crippen molar-refractivity contribution in [3.8, 4) is 11.5 Å². The minimum Gasteiger partial charge on any atom is -0.494 e. The largest absolute Gasteiger partial charge is 0.494 e. The van der Waals surface area contributed by atoms with Gasteiger partial charge in [-0.05, 0) is 54.8 Å². The Bertz CT molecular complexity index is 774. The van der Waals surface area contributed by atoms with Crippen LogP contribution in [-0.2, 0) is 4.79 Å². The highest BCUT2D eigenvalue weighted by Crippen LogP contribution is 2.28. The van der Waals surface area contributed by atoms with E-state index in [1.165, 1.54) is 32.1 Å². The number of ether oxygens (including phenoxy) is 2. The molecule has 0 aliphatic heterocycles. The van der Waals surface area contributed by atoms with Crippen LogP contribution in [0.3, 0.4) is 0 Å². The fourth-order valence-corrected chi connectivity index (χ4v) is 3.85. The molecule has 0 unspecified atom stereocenters. The molecule has 0 radical (unpaired) electrons. The smallest absolute Gasteiger partial charge is 0.262 e. The van der Waals surface area contributed by atoms with Gasteiger partial charge in [0.2, 0.25) is 0 Å². The Morgan fingerprint density at radius 2 is 1.75 bits per heavy atom. The lowest BCUT2D eigenvalue weighted by Crippen LogP contribution is -2.20. The molecule has 0 aromatic heterocycles. The lowest BCUT2D eigenvalue weighted by molar-refractivity contribution is -0.118. The Kier molecular flexibility index (Phi) is 7.87. The number of halogens is 2. The Labute approximate surface area is 176 Å². The van der Waals surface area contributed by atoms with E-state index in [0.29, 0.717) is 21.5 Å². The van der Waals surface area contributed by atoms with Crippen molar-refractivity contribution in [3.05, 3.63) is 52.5 Å². The molecule has 3 rings (SSSR count). The Hall–Kier alpha value is -1.91. The maximum atomic E-state index is 12.1. The molecule has 6 heteroatoms. The van der Waals surface area contributed by atoms with Crippen LogP contribution in [0.4, 0.5) is 5.69 Å². The van der Waals surface area contributed by atoms with Gasteiger partial charge in [0.1, 0.15) is 11.5 Å². The first-order valence-electron chi connectivity index (χ1n) is 9.71. The molecule has 0 bridgehead atoms. The standard InChI is InChI=1S/C22H25Cl2NO3/c23-17-6-11-21(20(24)14-17)28-15-22(26)25-18-7-9-19(10-8-18)27-13-12-16-4-2-1-3-5-16/h6-11,14,16H,1-5,12-13,15H2,(H,25,26). The summed E-state index contributed by atoms with van der Waals surface area (Å²) in [5.74, 6) is 1.78. The van der Waals surface area contributed by atoms with Gasteiger partial charge in [0.05, 0.1) is 11.6 Å². The van der Waals surface area contributed by atoms with Crippen molar-refractivity contribution in [1.82, 2.24) is 0 Å². The molecule has 2 aromatic rings. The number of carbonyl (C=O) groups is 1. The minimum absolute atomic E-state index is 0.138. The van der Waals surface area contributed by atoms with Gasteiger partial charge in [-0.2, -0.15) is 0 Å². The quantitative estimate of drug-likeness (QED) is 0.539. The van der Waals surface area contributed by atoms with Crippen molar-refractivity contribution in [2.45, 2.75) is 38.5 Å². The van der Waals surface area contributed by atoms with Crippen molar-refractivity contribution in [1.29, 1.82) is 0 Å². The molecule has 0 heterocycles. The highest BCUT2D eigenvalue weighted by atomic mass is 35.5. The molecular weight excluding hydrogens is 397 g/mol. The Balaban J connectivity index is 1.39. The van der Waals surface area contributed by atoms with Gasteiger partial charge in [-0.25, -0.2) is 0 Å². The first-order chi connectivity index (χ1) is 13.6. The second kappa shape index (κ2) is 10.6. The third kappa shape index (κ3) is 6.61. The van der Waals surface area contributed by atoms with E-state index >= 15 is 0 Å². The maximum absolute atomic E-state index is 12.1. The molecule has 0 spiro atoms. The van der Waals surface area contributed by atoms with Gasteiger partial charge in [-0.3, -0.25) is 4.79 Å². The predicted molar refractivity (Wildman–Crippen MR) is 114 cm³/mol. The van der Waals surface area contributed by atoms with E-state index in [1.54, 1.807) is 18.2 Å². The molecule has 1 fully saturated rings. The van der Waals surface area contributed by atoms with Crippen LogP contribution in [0.25, 0.3) is 0 Å². The SMILES string of the molecule is O=C(COc1ccc(Cl)cc1Cl)Nc1ccc(OCCC2CCCCC2)cc1. The number of rotatable bonds is 8. The molecule has 28 heavy (non-hydrogen) atoms. The van der Waals surface area contributed by atoms with Crippen LogP contribution in [0.2, 0.25) is 10.0 Å². The highest BCUT2D eigenvalue weighted by molar-refractivity contribution is 6.35. The number of carbonyl (C=O) groups excluding carboxylic acids is 1. The lowest BCUT2D eigenvalue weighted by Gasteiger charge is -2.21. The molecule has 4 nitrogen and oxygen atoms in total. The average Bonchev–Trinajstić information content (AvgIpc) is 2.69. The van der Waals surface area contributed by atoms with Gasteiger partial charge >= 0.3 is 0 Å². The summed E-state index contributed by atoms with van der Waals surface area (Å²) in [5, 5.41) is 3.68. The molecule has 0 saturated heterocycles. The zero-order valence-corrected chi connectivity index (χ0v) is 17.3. The molecule has 2 aromatic carbocycles. The lowest BCUT2D eigenvalue weighted by atomic mass is 9.87. The monoisotopic (exact) mass is 421 g/mol. The summed E-state index contributed by atoms with van der Waals surface area (Å²) in [4.78, 5) is 12.1. The van der Waals surface area contributed by atoms with Crippen molar-refractivity contribution in [2.75, 3.05) is 18.5 Å². The van der Waals surface area contributed by atoms with Crippen molar-refractivity contribution >= 4 is 34.8 Å². The summed E-state index contributed by atoms with van der Waals surface area (Å²) >= 11 is 11.9. The van der Waals surface area contributed by atoms with E-state index in [-0.39, 0.29) is 12.5 Å². The van der Waals surface area contributed by atoms with Crippen molar-refractivity contribution in [2.24, 2.45) is 5.92 Å². The fourth-order valence-electron chi connectivity index (χ4n) is 3.39. The van der Waals surface area contributed by atoms with Crippen LogP contribution in [-0.4, -0.2) is 19.1 Å². The maximum Gasteiger partial charge on any atom is 0.262 e. The van der Waals surface area contributed by atoms with Crippen LogP contribution in [0, 0.1) is 5.92 Å². The summed E-state index contributed by atoms with van der Waals surface area (Å²) in [5.41, 5.74) is 0.690. The normalized spacial score (nSPS) is 14.5. The molecule has 1 saturated carbocycles. The second-order valence-electron chi connectivity index (χ2n) is 7.08. The van der Waals surface area contributed by atoms with Crippen molar-refractivity contribution in [3.63, 3.8) is 0 Å². The molecule has 1 aliphatic rings. The van der Waals surface area contributed by atoms with E-state index in [9.17, 15) is 4.79 Å². The van der Waals surface area contributed by atoms with Gasteiger partial charge in [0.15, 0.2) is 6.61 Å². The van der Waals surface area contributed by atoms with Gasteiger partial charge in [-0.15, -0.1) is 0 Å². The van der Waals surface area contributed by atoms with Crippen LogP contribution >= 0.6 is 23.2 Å². The summed E-state index contributed by atoms with van der Waals surface area (Å²) in [6, 6.07) is 12.3. The van der Waals surface area contributed by atoms with Crippen LogP contribution in [0.15, 0.2) is 42.5 Å². The molecule has 1 N–H and O–H groups in total. The zero-order valence-electron chi connectivity index (χ0n) is 15.8. The number of anilines is 1. The first-order valence-corrected chi connectivity index (χ1v) is 10.5. The van der Waals surface area contributed by atoms with E-state index in [4.69, 9.17) is 32.7 Å². The van der Waals surface area contributed by atoms with E-state index in [2.05, 4.69) is 5.32 Å². The van der Waals surface area contributed by atoms with Gasteiger partial charge < -0.3 is 14.8 Å². The number of hydrogen-bond donors (Lipinski definition) is 1. The second-order valence-corrected chi connectivity index (χ2v) is 7.92. The van der Waals surface area contributed by atoms with Crippen LogP contribution in [0.5, 0.6) is 11.5 Å². The third-order valence-corrected chi connectivity index (χ3v) is 5.44. The van der Waals surface area contributed by atoms with Crippen molar-refractivity contribution < 1.29 is 14.3 Å². The van der Waals surface area contributed by atoms with Gasteiger partial charge in [-0.1, -0.05) is 55.3 Å². The van der Waals surface area contributed by atoms with E-state index in [1.807, 2.05) is 24.3 Å². The van der Waals surface area contributed by atoms with Crippen LogP contribution in [0.1, 0.15) is 38.5 Å². The molecule has 1 amide bonds. The van der Waals surface area contributed by atoms with Gasteiger partial charge in [0.25, 0.3) is 5.91 Å². The summed E-state index contributed by atoms with van der Waals surface area (Å²) in [6.45, 7) is 0.604. The summed E-state index contributed by atoms with van der Waals surface area (Å²) in [7, 11) is 0. The Morgan fingerprint density at radius 3 is 2.46 bits per heavy atom. The van der Waals surface area contributed by atoms with E-state index < -0.39 is 0 Å². The number of hydrogen-bond acceptors (Lipinski definition) is 3. The number of benzene rings is 2. The summed E-state index contributed by atoms with van der Waals surface area (Å²) < 4.78 is 11.3. The number of amides is 1. The molecule has 1 aliphatic carbocycles. The molecule has 0 atom stereocenters. The zero-order chi connectivity index (χ0) is 19.8. The molecular formula is C22H25Cl2NO3. The number of nitrogens with one attached hydrogen (secondary N) is 1. The Morgan fingerprint density at radius 1 is 1.00 bits per heavy atom. The van der Waals surface area contributed by atoms with Gasteiger partial charge in [0, 0.05) is 10.7 Å². The predicted octanol–water partition coefficient (Wildman–Crippen LogP) is 6.36.